The molecule has 2 rings (SSSR count). The second-order valence-electron chi connectivity index (χ2n) is 4.62. The van der Waals surface area contributed by atoms with Crippen molar-refractivity contribution in [2.75, 3.05) is 14.2 Å². The van der Waals surface area contributed by atoms with E-state index in [2.05, 4.69) is 21.4 Å². The summed E-state index contributed by atoms with van der Waals surface area (Å²) in [5, 5.41) is 0. The smallest absolute Gasteiger partial charge is 0.266 e. The normalized spacial score (nSPS) is 11.0. The van der Waals surface area contributed by atoms with Crippen LogP contribution in [0.15, 0.2) is 51.8 Å². The predicted molar refractivity (Wildman–Crippen MR) is 91.5 cm³/mol. The Morgan fingerprint density at radius 3 is 2.21 bits per heavy atom. The maximum absolute atomic E-state index is 12.2. The number of benzene rings is 2. The number of carbonyl (C=O) groups excluding carboxylic acids is 1. The van der Waals surface area contributed by atoms with E-state index in [1.54, 1.807) is 18.2 Å². The molecule has 0 heterocycles. The highest BCUT2D eigenvalue weighted by molar-refractivity contribution is 9.10. The zero-order valence-corrected chi connectivity index (χ0v) is 15.3. The largest absolute Gasteiger partial charge is 0.497 e. The van der Waals surface area contributed by atoms with E-state index < -0.39 is 15.9 Å². The van der Waals surface area contributed by atoms with Crippen LogP contribution in [0.1, 0.15) is 10.4 Å². The monoisotopic (exact) mass is 414 g/mol. The summed E-state index contributed by atoms with van der Waals surface area (Å²) < 4.78 is 35.1. The number of methoxy groups -OCH3 is 2. The van der Waals surface area contributed by atoms with Gasteiger partial charge < -0.3 is 9.47 Å². The van der Waals surface area contributed by atoms with Gasteiger partial charge in [0.15, 0.2) is 0 Å². The van der Waals surface area contributed by atoms with Crippen molar-refractivity contribution in [3.63, 3.8) is 0 Å². The molecule has 0 atom stereocenters. The minimum Gasteiger partial charge on any atom is -0.497 e. The van der Waals surface area contributed by atoms with Crippen molar-refractivity contribution in [3.8, 4) is 11.5 Å². The lowest BCUT2D eigenvalue weighted by Crippen LogP contribution is -2.41. The fourth-order valence-corrected chi connectivity index (χ4v) is 3.25. The van der Waals surface area contributed by atoms with E-state index in [-0.39, 0.29) is 10.5 Å². The topological polar surface area (TPSA) is 93.7 Å². The van der Waals surface area contributed by atoms with Crippen LogP contribution in [0.25, 0.3) is 0 Å². The second kappa shape index (κ2) is 7.65. The van der Waals surface area contributed by atoms with Crippen LogP contribution in [-0.4, -0.2) is 28.5 Å². The lowest BCUT2D eigenvalue weighted by Gasteiger charge is -2.11. The van der Waals surface area contributed by atoms with E-state index in [1.807, 2.05) is 4.83 Å². The van der Waals surface area contributed by atoms with Crippen molar-refractivity contribution in [3.05, 3.63) is 52.5 Å². The maximum atomic E-state index is 12.2. The molecule has 2 N–H and O–H groups in total. The summed E-state index contributed by atoms with van der Waals surface area (Å²) in [4.78, 5) is 14.2. The third-order valence-electron chi connectivity index (χ3n) is 3.02. The van der Waals surface area contributed by atoms with Gasteiger partial charge >= 0.3 is 0 Å². The van der Waals surface area contributed by atoms with Crippen LogP contribution in [0.4, 0.5) is 0 Å². The van der Waals surface area contributed by atoms with Crippen LogP contribution >= 0.6 is 15.9 Å². The Balaban J connectivity index is 2.15. The standard InChI is InChI=1S/C15H15BrN2O5S/c1-22-12-6-10(7-13(9-12)23-2)15(19)17-18-24(20,21)14-5-3-4-11(16)8-14/h3-9,18H,1-2H3,(H,17,19). The number of hydrazine groups is 1. The zero-order chi connectivity index (χ0) is 17.7. The molecule has 7 nitrogen and oxygen atoms in total. The number of hydrogen-bond acceptors (Lipinski definition) is 5. The summed E-state index contributed by atoms with van der Waals surface area (Å²) >= 11 is 3.20. The second-order valence-corrected chi connectivity index (χ2v) is 7.22. The fourth-order valence-electron chi connectivity index (χ4n) is 1.82. The van der Waals surface area contributed by atoms with E-state index in [0.29, 0.717) is 16.0 Å². The predicted octanol–water partition coefficient (Wildman–Crippen LogP) is 2.09. The van der Waals surface area contributed by atoms with Crippen molar-refractivity contribution in [1.29, 1.82) is 0 Å². The Bertz CT molecular complexity index is 832. The number of rotatable bonds is 6. The van der Waals surface area contributed by atoms with E-state index in [0.717, 1.165) is 0 Å². The highest BCUT2D eigenvalue weighted by atomic mass is 79.9. The Labute approximate surface area is 148 Å². The first-order valence-corrected chi connectivity index (χ1v) is 8.94. The molecule has 0 aromatic heterocycles. The van der Waals surface area contributed by atoms with Crippen LogP contribution in [0.3, 0.4) is 0 Å². The number of hydrogen-bond donors (Lipinski definition) is 2. The van der Waals surface area contributed by atoms with Crippen molar-refractivity contribution in [1.82, 2.24) is 10.3 Å². The summed E-state index contributed by atoms with van der Waals surface area (Å²) in [6.07, 6.45) is 0. The molecule has 24 heavy (non-hydrogen) atoms. The van der Waals surface area contributed by atoms with Crippen LogP contribution in [0, 0.1) is 0 Å². The number of amides is 1. The summed E-state index contributed by atoms with van der Waals surface area (Å²) in [6, 6.07) is 10.6. The van der Waals surface area contributed by atoms with Gasteiger partial charge in [0.2, 0.25) is 0 Å². The van der Waals surface area contributed by atoms with Gasteiger partial charge in [0.25, 0.3) is 15.9 Å². The molecule has 2 aromatic rings. The molecule has 0 saturated carbocycles. The first kappa shape index (κ1) is 18.2. The van der Waals surface area contributed by atoms with Gasteiger partial charge in [-0.2, -0.15) is 0 Å². The van der Waals surface area contributed by atoms with Crippen molar-refractivity contribution >= 4 is 31.9 Å². The Hall–Kier alpha value is -2.10. The number of halogens is 1. The van der Waals surface area contributed by atoms with Crippen LogP contribution in [-0.2, 0) is 10.0 Å². The first-order valence-electron chi connectivity index (χ1n) is 6.66. The quantitative estimate of drug-likeness (QED) is 0.705. The molecule has 0 bridgehead atoms. The van der Waals surface area contributed by atoms with Gasteiger partial charge in [-0.05, 0) is 30.3 Å². The third kappa shape index (κ3) is 4.47. The van der Waals surface area contributed by atoms with E-state index >= 15 is 0 Å². The van der Waals surface area contributed by atoms with Crippen LogP contribution < -0.4 is 19.7 Å². The van der Waals surface area contributed by atoms with Crippen LogP contribution in [0.2, 0.25) is 0 Å². The molecule has 0 spiro atoms. The molecule has 1 amide bonds. The summed E-state index contributed by atoms with van der Waals surface area (Å²) in [7, 11) is -0.990. The third-order valence-corrected chi connectivity index (χ3v) is 4.76. The molecular weight excluding hydrogens is 400 g/mol. The lowest BCUT2D eigenvalue weighted by molar-refractivity contribution is 0.0944. The highest BCUT2D eigenvalue weighted by Gasteiger charge is 2.17. The summed E-state index contributed by atoms with van der Waals surface area (Å²) in [5.74, 6) is 0.175. The molecule has 0 saturated heterocycles. The van der Waals surface area contributed by atoms with Gasteiger partial charge in [0, 0.05) is 16.1 Å². The molecular formula is C15H15BrN2O5S. The van der Waals surface area contributed by atoms with Crippen LogP contribution in [0.5, 0.6) is 11.5 Å². The van der Waals surface area contributed by atoms with Crippen molar-refractivity contribution < 1.29 is 22.7 Å². The molecule has 0 aliphatic rings. The minimum absolute atomic E-state index is 0.0143. The van der Waals surface area contributed by atoms with Crippen molar-refractivity contribution in [2.45, 2.75) is 4.90 Å². The Kier molecular flexibility index (Phi) is 5.81. The highest BCUT2D eigenvalue weighted by Crippen LogP contribution is 2.22. The van der Waals surface area contributed by atoms with Gasteiger partial charge in [-0.15, -0.1) is 4.83 Å². The maximum Gasteiger partial charge on any atom is 0.266 e. The molecule has 2 aromatic carbocycles. The molecule has 0 unspecified atom stereocenters. The number of sulfonamides is 1. The number of ether oxygens (including phenoxy) is 2. The minimum atomic E-state index is -3.89. The van der Waals surface area contributed by atoms with Crippen molar-refractivity contribution in [2.24, 2.45) is 0 Å². The summed E-state index contributed by atoms with van der Waals surface area (Å²) in [6.45, 7) is 0. The van der Waals surface area contributed by atoms with Gasteiger partial charge in [0.1, 0.15) is 11.5 Å². The molecule has 128 valence electrons. The first-order chi connectivity index (χ1) is 11.4. The number of carbonyl (C=O) groups is 1. The average Bonchev–Trinajstić information content (AvgIpc) is 2.59. The van der Waals surface area contributed by atoms with E-state index in [4.69, 9.17) is 9.47 Å². The lowest BCUT2D eigenvalue weighted by atomic mass is 10.2. The van der Waals surface area contributed by atoms with Gasteiger partial charge in [0.05, 0.1) is 19.1 Å². The molecule has 0 aliphatic heterocycles. The number of nitrogens with one attached hydrogen (secondary N) is 2. The zero-order valence-electron chi connectivity index (χ0n) is 12.9. The average molecular weight is 415 g/mol. The Morgan fingerprint density at radius 2 is 1.67 bits per heavy atom. The molecule has 0 aliphatic carbocycles. The van der Waals surface area contributed by atoms with E-state index in [1.165, 1.54) is 38.5 Å². The Morgan fingerprint density at radius 1 is 1.04 bits per heavy atom. The van der Waals surface area contributed by atoms with Gasteiger partial charge in [-0.1, -0.05) is 22.0 Å². The fraction of sp³-hybridized carbons (Fsp3) is 0.133. The molecule has 0 radical (unpaired) electrons. The molecule has 0 fully saturated rings. The molecule has 9 heteroatoms. The SMILES string of the molecule is COc1cc(OC)cc(C(=O)NNS(=O)(=O)c2cccc(Br)c2)c1. The summed E-state index contributed by atoms with van der Waals surface area (Å²) in [5.41, 5.74) is 2.34. The van der Waals surface area contributed by atoms with Gasteiger partial charge in [-0.3, -0.25) is 10.2 Å². The van der Waals surface area contributed by atoms with Gasteiger partial charge in [-0.25, -0.2) is 8.42 Å². The van der Waals surface area contributed by atoms with E-state index in [9.17, 15) is 13.2 Å².